The Balaban J connectivity index is 1.88. The molecule has 2 heterocycles. The third kappa shape index (κ3) is 2.51. The van der Waals surface area contributed by atoms with E-state index in [1.165, 1.54) is 12.8 Å². The number of pyridine rings is 1. The monoisotopic (exact) mass is 258 g/mol. The van der Waals surface area contributed by atoms with Gasteiger partial charge in [-0.3, -0.25) is 4.98 Å². The lowest BCUT2D eigenvalue weighted by Crippen LogP contribution is -2.37. The number of hydrogen-bond donors (Lipinski definition) is 1. The lowest BCUT2D eigenvalue weighted by Gasteiger charge is -2.23. The normalized spacial score (nSPS) is 19.0. The largest absolute Gasteiger partial charge is 0.334 e. The minimum atomic E-state index is -0.425. The molecule has 0 atom stereocenters. The molecule has 0 radical (unpaired) electrons. The Morgan fingerprint density at radius 1 is 1.05 bits per heavy atom. The zero-order valence-electron chi connectivity index (χ0n) is 10.9. The molecule has 2 N–H and O–H groups in total. The first-order valence-electron chi connectivity index (χ1n) is 6.81. The Kier molecular flexibility index (Phi) is 3.29. The van der Waals surface area contributed by atoms with E-state index in [0.717, 1.165) is 31.2 Å². The van der Waals surface area contributed by atoms with Crippen LogP contribution < -0.4 is 5.73 Å². The molecule has 0 aromatic carbocycles. The Morgan fingerprint density at radius 3 is 2.42 bits per heavy atom. The highest BCUT2D eigenvalue weighted by atomic mass is 16.5. The molecule has 0 bridgehead atoms. The second kappa shape index (κ2) is 5.09. The average molecular weight is 258 g/mol. The van der Waals surface area contributed by atoms with Crippen LogP contribution in [0.3, 0.4) is 0 Å². The summed E-state index contributed by atoms with van der Waals surface area (Å²) in [7, 11) is 0. The summed E-state index contributed by atoms with van der Waals surface area (Å²) in [6.45, 7) is 0. The minimum Gasteiger partial charge on any atom is -0.334 e. The summed E-state index contributed by atoms with van der Waals surface area (Å²) in [4.78, 5) is 8.47. The molecular weight excluding hydrogens is 240 g/mol. The highest BCUT2D eigenvalue weighted by molar-refractivity contribution is 5.51. The van der Waals surface area contributed by atoms with Gasteiger partial charge in [0.2, 0.25) is 0 Å². The van der Waals surface area contributed by atoms with Gasteiger partial charge >= 0.3 is 0 Å². The van der Waals surface area contributed by atoms with E-state index < -0.39 is 5.54 Å². The fourth-order valence-electron chi connectivity index (χ4n) is 2.62. The van der Waals surface area contributed by atoms with E-state index >= 15 is 0 Å². The Hall–Kier alpha value is -1.75. The molecule has 0 unspecified atom stereocenters. The van der Waals surface area contributed by atoms with E-state index in [4.69, 9.17) is 10.3 Å². The number of nitrogens with zero attached hydrogens (tertiary/aromatic N) is 3. The van der Waals surface area contributed by atoms with Crippen molar-refractivity contribution in [2.45, 2.75) is 44.1 Å². The molecule has 5 heteroatoms. The van der Waals surface area contributed by atoms with E-state index in [2.05, 4.69) is 15.1 Å². The van der Waals surface area contributed by atoms with Crippen LogP contribution >= 0.6 is 0 Å². The van der Waals surface area contributed by atoms with Gasteiger partial charge in [0.15, 0.2) is 5.82 Å². The summed E-state index contributed by atoms with van der Waals surface area (Å²) in [6.07, 6.45) is 10.0. The van der Waals surface area contributed by atoms with Crippen molar-refractivity contribution in [2.24, 2.45) is 5.73 Å². The summed E-state index contributed by atoms with van der Waals surface area (Å²) in [6, 6.07) is 3.71. The lowest BCUT2D eigenvalue weighted by atomic mass is 9.91. The molecule has 2 aromatic rings. The van der Waals surface area contributed by atoms with Crippen molar-refractivity contribution >= 4 is 0 Å². The predicted octanol–water partition coefficient (Wildman–Crippen LogP) is 2.64. The van der Waals surface area contributed by atoms with E-state index in [-0.39, 0.29) is 0 Å². The van der Waals surface area contributed by atoms with Crippen molar-refractivity contribution in [1.82, 2.24) is 15.1 Å². The van der Waals surface area contributed by atoms with Crippen molar-refractivity contribution in [3.05, 3.63) is 30.4 Å². The van der Waals surface area contributed by atoms with E-state index in [0.29, 0.717) is 11.7 Å². The number of aromatic nitrogens is 3. The molecule has 100 valence electrons. The molecule has 0 aliphatic heterocycles. The van der Waals surface area contributed by atoms with Gasteiger partial charge in [-0.25, -0.2) is 0 Å². The van der Waals surface area contributed by atoms with Gasteiger partial charge in [-0.15, -0.1) is 0 Å². The highest BCUT2D eigenvalue weighted by Gasteiger charge is 2.33. The molecule has 0 spiro atoms. The fourth-order valence-corrected chi connectivity index (χ4v) is 2.62. The van der Waals surface area contributed by atoms with Gasteiger partial charge in [-0.2, -0.15) is 4.98 Å². The van der Waals surface area contributed by atoms with Crippen LogP contribution in [0.4, 0.5) is 0 Å². The third-order valence-electron chi connectivity index (χ3n) is 3.79. The number of rotatable bonds is 2. The van der Waals surface area contributed by atoms with Crippen LogP contribution in [0.5, 0.6) is 0 Å². The van der Waals surface area contributed by atoms with Gasteiger partial charge in [-0.05, 0) is 25.0 Å². The second-order valence-corrected chi connectivity index (χ2v) is 5.23. The van der Waals surface area contributed by atoms with E-state index in [9.17, 15) is 0 Å². The van der Waals surface area contributed by atoms with Gasteiger partial charge in [0, 0.05) is 18.0 Å². The van der Waals surface area contributed by atoms with E-state index in [1.54, 1.807) is 12.4 Å². The van der Waals surface area contributed by atoms with Crippen LogP contribution in [0.25, 0.3) is 11.5 Å². The molecule has 0 amide bonds. The van der Waals surface area contributed by atoms with Crippen LogP contribution in [-0.4, -0.2) is 15.1 Å². The molecule has 3 rings (SSSR count). The highest BCUT2D eigenvalue weighted by Crippen LogP contribution is 2.32. The second-order valence-electron chi connectivity index (χ2n) is 5.23. The Morgan fingerprint density at radius 2 is 1.74 bits per heavy atom. The molecule has 2 aromatic heterocycles. The van der Waals surface area contributed by atoms with Crippen molar-refractivity contribution in [2.75, 3.05) is 0 Å². The quantitative estimate of drug-likeness (QED) is 0.838. The van der Waals surface area contributed by atoms with E-state index in [1.807, 2.05) is 12.1 Å². The third-order valence-corrected chi connectivity index (χ3v) is 3.79. The topological polar surface area (TPSA) is 77.8 Å². The standard InChI is InChI=1S/C14H18N4O/c15-14(7-3-1-2-4-8-14)13-17-12(19-18-13)11-5-9-16-10-6-11/h5-6,9-10H,1-4,7-8,15H2. The Labute approximate surface area is 112 Å². The van der Waals surface area contributed by atoms with Crippen LogP contribution in [0.1, 0.15) is 44.3 Å². The summed E-state index contributed by atoms with van der Waals surface area (Å²) in [5, 5.41) is 4.10. The summed E-state index contributed by atoms with van der Waals surface area (Å²) in [5.74, 6) is 1.16. The van der Waals surface area contributed by atoms with Crippen molar-refractivity contribution < 1.29 is 4.52 Å². The molecule has 1 fully saturated rings. The fraction of sp³-hybridized carbons (Fsp3) is 0.500. The number of hydrogen-bond acceptors (Lipinski definition) is 5. The molecular formula is C14H18N4O. The number of nitrogens with two attached hydrogens (primary N) is 1. The van der Waals surface area contributed by atoms with Crippen LogP contribution in [0.2, 0.25) is 0 Å². The van der Waals surface area contributed by atoms with Crippen molar-refractivity contribution in [3.63, 3.8) is 0 Å². The van der Waals surface area contributed by atoms with Gasteiger partial charge in [0.1, 0.15) is 0 Å². The summed E-state index contributed by atoms with van der Waals surface area (Å²) in [5.41, 5.74) is 6.93. The zero-order chi connectivity index (χ0) is 13.1. The molecule has 5 nitrogen and oxygen atoms in total. The Bertz CT molecular complexity index is 529. The zero-order valence-corrected chi connectivity index (χ0v) is 10.9. The predicted molar refractivity (Wildman–Crippen MR) is 71.1 cm³/mol. The van der Waals surface area contributed by atoms with Gasteiger partial charge in [-0.1, -0.05) is 30.8 Å². The van der Waals surface area contributed by atoms with Gasteiger partial charge in [0.05, 0.1) is 5.54 Å². The molecule has 19 heavy (non-hydrogen) atoms. The maximum atomic E-state index is 6.47. The van der Waals surface area contributed by atoms with Gasteiger partial charge in [0.25, 0.3) is 5.89 Å². The molecule has 1 saturated carbocycles. The average Bonchev–Trinajstić information content (AvgIpc) is 2.85. The molecule has 1 aliphatic carbocycles. The molecule has 1 aliphatic rings. The van der Waals surface area contributed by atoms with Crippen LogP contribution in [0, 0.1) is 0 Å². The first kappa shape index (κ1) is 12.3. The lowest BCUT2D eigenvalue weighted by molar-refractivity contribution is 0.334. The SMILES string of the molecule is NC1(c2noc(-c3ccncc3)n2)CCCCCC1. The van der Waals surface area contributed by atoms with Gasteiger partial charge < -0.3 is 10.3 Å². The smallest absolute Gasteiger partial charge is 0.258 e. The summed E-state index contributed by atoms with van der Waals surface area (Å²) < 4.78 is 5.34. The minimum absolute atomic E-state index is 0.425. The first-order valence-corrected chi connectivity index (χ1v) is 6.81. The van der Waals surface area contributed by atoms with Crippen molar-refractivity contribution in [1.29, 1.82) is 0 Å². The first-order chi connectivity index (χ1) is 9.28. The molecule has 0 saturated heterocycles. The maximum Gasteiger partial charge on any atom is 0.258 e. The summed E-state index contributed by atoms with van der Waals surface area (Å²) >= 11 is 0. The van der Waals surface area contributed by atoms with Crippen molar-refractivity contribution in [3.8, 4) is 11.5 Å². The maximum absolute atomic E-state index is 6.47. The van der Waals surface area contributed by atoms with Crippen LogP contribution in [-0.2, 0) is 5.54 Å². The van der Waals surface area contributed by atoms with Crippen LogP contribution in [0.15, 0.2) is 29.0 Å².